The third kappa shape index (κ3) is 8.42. The highest BCUT2D eigenvalue weighted by atomic mass is 32.2. The lowest BCUT2D eigenvalue weighted by Gasteiger charge is -2.22. The van der Waals surface area contributed by atoms with Gasteiger partial charge in [-0.2, -0.15) is 0 Å². The fraction of sp³-hybridized carbons (Fsp3) is 0.312. The largest absolute Gasteiger partial charge is 0.494 e. The number of rotatable bonds is 15. The number of H-pyrrole nitrogens is 1. The van der Waals surface area contributed by atoms with Crippen LogP contribution in [0.25, 0.3) is 10.9 Å². The molecule has 4 aromatic rings. The van der Waals surface area contributed by atoms with Crippen molar-refractivity contribution in [2.45, 2.75) is 13.8 Å². The van der Waals surface area contributed by atoms with E-state index in [0.717, 1.165) is 10.6 Å². The van der Waals surface area contributed by atoms with Crippen LogP contribution in [0.3, 0.4) is 0 Å². The summed E-state index contributed by atoms with van der Waals surface area (Å²) in [7, 11) is -3.65. The monoisotopic (exact) mass is 669 g/mol. The van der Waals surface area contributed by atoms with Crippen molar-refractivity contribution in [3.8, 4) is 5.88 Å². The zero-order chi connectivity index (χ0) is 33.5. The van der Waals surface area contributed by atoms with E-state index in [2.05, 4.69) is 10.3 Å². The molecule has 0 aliphatic heterocycles. The average molecular weight is 670 g/mol. The first-order valence-electron chi connectivity index (χ1n) is 14.7. The average Bonchev–Trinajstić information content (AvgIpc) is 3.33. The summed E-state index contributed by atoms with van der Waals surface area (Å²) in [5, 5.41) is 14.8. The van der Waals surface area contributed by atoms with Gasteiger partial charge in [0, 0.05) is 29.6 Å². The molecule has 0 saturated heterocycles. The number of hydrogen-bond acceptors (Lipinski definition) is 9. The number of aliphatic imine (C=N–C) groups is 1. The van der Waals surface area contributed by atoms with E-state index in [0.29, 0.717) is 57.5 Å². The maximum Gasteiger partial charge on any atom is 0.361 e. The number of anilines is 1. The Bertz CT molecular complexity index is 1830. The first-order chi connectivity index (χ1) is 21.9. The highest BCUT2D eigenvalue weighted by Crippen LogP contribution is 2.47. The molecule has 0 spiro atoms. The second-order valence-electron chi connectivity index (χ2n) is 10.7. The molecule has 0 atom stereocenters. The van der Waals surface area contributed by atoms with E-state index in [-0.39, 0.29) is 25.6 Å². The summed E-state index contributed by atoms with van der Waals surface area (Å²) in [4.78, 5) is 22.3. The topological polar surface area (TPSA) is 154 Å². The van der Waals surface area contributed by atoms with E-state index in [1.165, 1.54) is 0 Å². The number of hydrogen-bond donors (Lipinski definition) is 3. The van der Waals surface area contributed by atoms with Gasteiger partial charge in [0.2, 0.25) is 15.9 Å². The van der Waals surface area contributed by atoms with Crippen molar-refractivity contribution in [2.24, 2.45) is 4.99 Å². The van der Waals surface area contributed by atoms with Crippen LogP contribution in [0.4, 0.5) is 11.4 Å². The SMILES string of the molecule is CCOP(=O)(OCC)c1ccc2[nH]c(O)c(C(=Nc3ccc(N(CC(=O)NCCN(C)C)S(C)(=O)=O)cc3)c3ccccc3)c2c1. The predicted octanol–water partition coefficient (Wildman–Crippen LogP) is 4.38. The molecule has 14 heteroatoms. The molecule has 3 aromatic carbocycles. The third-order valence-corrected chi connectivity index (χ3v) is 10.2. The number of amides is 1. The molecule has 0 bridgehead atoms. The Labute approximate surface area is 269 Å². The van der Waals surface area contributed by atoms with Crippen LogP contribution in [0.1, 0.15) is 25.0 Å². The van der Waals surface area contributed by atoms with E-state index < -0.39 is 23.5 Å². The Balaban J connectivity index is 1.77. The summed E-state index contributed by atoms with van der Waals surface area (Å²) in [6.45, 7) is 4.47. The number of aromatic hydroxyl groups is 1. The number of benzene rings is 3. The quantitative estimate of drug-likeness (QED) is 0.125. The highest BCUT2D eigenvalue weighted by molar-refractivity contribution is 7.92. The fourth-order valence-electron chi connectivity index (χ4n) is 4.79. The van der Waals surface area contributed by atoms with Gasteiger partial charge in [0.1, 0.15) is 6.54 Å². The number of fused-ring (bicyclic) bond motifs is 1. The third-order valence-electron chi connectivity index (χ3n) is 6.91. The Morgan fingerprint density at radius 2 is 1.65 bits per heavy atom. The van der Waals surface area contributed by atoms with Gasteiger partial charge in [-0.1, -0.05) is 30.3 Å². The molecule has 0 saturated carbocycles. The van der Waals surface area contributed by atoms with Crippen LogP contribution < -0.4 is 14.9 Å². The second-order valence-corrected chi connectivity index (χ2v) is 14.6. The molecule has 1 amide bonds. The maximum atomic E-state index is 13.6. The molecule has 0 unspecified atom stereocenters. The van der Waals surface area contributed by atoms with Crippen LogP contribution >= 0.6 is 7.60 Å². The van der Waals surface area contributed by atoms with E-state index >= 15 is 0 Å². The van der Waals surface area contributed by atoms with Gasteiger partial charge in [-0.15, -0.1) is 0 Å². The Hall–Kier alpha value is -4.00. The fourth-order valence-corrected chi connectivity index (χ4v) is 7.24. The number of nitrogens with one attached hydrogen (secondary N) is 2. The van der Waals surface area contributed by atoms with Gasteiger partial charge < -0.3 is 29.4 Å². The lowest BCUT2D eigenvalue weighted by atomic mass is 10.0. The molecule has 246 valence electrons. The minimum absolute atomic E-state index is 0.141. The molecule has 12 nitrogen and oxygen atoms in total. The molecule has 1 aromatic heterocycles. The molecule has 46 heavy (non-hydrogen) atoms. The Morgan fingerprint density at radius 3 is 2.24 bits per heavy atom. The Morgan fingerprint density at radius 1 is 1.00 bits per heavy atom. The van der Waals surface area contributed by atoms with Crippen molar-refractivity contribution < 1.29 is 31.9 Å². The standard InChI is InChI=1S/C32H40N5O7PS/c1-6-43-45(40,44-7-2)26-17-18-28-27(21-26)30(32(39)35-28)31(23-11-9-8-10-12-23)34-24-13-15-25(16-14-24)37(46(5,41)42)22-29(38)33-19-20-36(3)4/h8-18,21,35,39H,6-7,19-20,22H2,1-5H3,(H,33,38). The molecule has 4 rings (SSSR count). The van der Waals surface area contributed by atoms with Gasteiger partial charge in [-0.25, -0.2) is 13.4 Å². The first-order valence-corrected chi connectivity index (χ1v) is 18.1. The number of carbonyl (C=O) groups excluding carboxylic acids is 1. The molecule has 1 heterocycles. The van der Waals surface area contributed by atoms with Crippen LogP contribution in [0, 0.1) is 0 Å². The lowest BCUT2D eigenvalue weighted by Crippen LogP contribution is -2.42. The minimum Gasteiger partial charge on any atom is -0.494 e. The maximum absolute atomic E-state index is 13.6. The summed E-state index contributed by atoms with van der Waals surface area (Å²) in [6.07, 6.45) is 1.05. The molecule has 0 radical (unpaired) electrons. The van der Waals surface area contributed by atoms with Gasteiger partial charge in [0.15, 0.2) is 5.88 Å². The number of likely N-dealkylation sites (N-methyl/N-ethyl adjacent to an activating group) is 1. The number of carbonyl (C=O) groups is 1. The molecule has 0 aliphatic rings. The van der Waals surface area contributed by atoms with Crippen LogP contribution in [0.15, 0.2) is 77.8 Å². The highest BCUT2D eigenvalue weighted by Gasteiger charge is 2.29. The van der Waals surface area contributed by atoms with E-state index in [1.54, 1.807) is 56.3 Å². The predicted molar refractivity (Wildman–Crippen MR) is 182 cm³/mol. The van der Waals surface area contributed by atoms with Crippen LogP contribution in [-0.4, -0.2) is 88.2 Å². The molecule has 0 fully saturated rings. The van der Waals surface area contributed by atoms with Crippen molar-refractivity contribution in [3.63, 3.8) is 0 Å². The molecular formula is C32H40N5O7PS. The van der Waals surface area contributed by atoms with Gasteiger partial charge in [-0.3, -0.25) is 13.7 Å². The van der Waals surface area contributed by atoms with Crippen molar-refractivity contribution in [1.29, 1.82) is 0 Å². The van der Waals surface area contributed by atoms with Gasteiger partial charge in [0.05, 0.1) is 47.4 Å². The van der Waals surface area contributed by atoms with Gasteiger partial charge in [-0.05, 0) is 70.4 Å². The second kappa shape index (κ2) is 15.1. The van der Waals surface area contributed by atoms with Crippen molar-refractivity contribution in [2.75, 3.05) is 57.5 Å². The molecular weight excluding hydrogens is 629 g/mol. The molecule has 3 N–H and O–H groups in total. The van der Waals surface area contributed by atoms with Crippen molar-refractivity contribution in [3.05, 3.63) is 83.9 Å². The van der Waals surface area contributed by atoms with Gasteiger partial charge in [0.25, 0.3) is 0 Å². The lowest BCUT2D eigenvalue weighted by molar-refractivity contribution is -0.119. The van der Waals surface area contributed by atoms with Gasteiger partial charge >= 0.3 is 7.60 Å². The summed E-state index contributed by atoms with van der Waals surface area (Å²) < 4.78 is 51.0. The van der Waals surface area contributed by atoms with Crippen LogP contribution in [-0.2, 0) is 28.4 Å². The van der Waals surface area contributed by atoms with Crippen LogP contribution in [0.5, 0.6) is 5.88 Å². The Kier molecular flexibility index (Phi) is 11.4. The number of nitrogens with zero attached hydrogens (tertiary/aromatic N) is 3. The van der Waals surface area contributed by atoms with Crippen molar-refractivity contribution >= 4 is 56.8 Å². The normalized spacial score (nSPS) is 12.5. The molecule has 0 aliphatic carbocycles. The van der Waals surface area contributed by atoms with E-state index in [1.807, 2.05) is 49.3 Å². The zero-order valence-corrected chi connectivity index (χ0v) is 28.3. The smallest absolute Gasteiger partial charge is 0.361 e. The number of aromatic amines is 1. The minimum atomic E-state index is -3.78. The summed E-state index contributed by atoms with van der Waals surface area (Å²) in [5.74, 6) is -0.564. The zero-order valence-electron chi connectivity index (χ0n) is 26.6. The van der Waals surface area contributed by atoms with E-state index in [9.17, 15) is 22.9 Å². The van der Waals surface area contributed by atoms with Crippen LogP contribution in [0.2, 0.25) is 0 Å². The summed E-state index contributed by atoms with van der Waals surface area (Å²) in [5.41, 5.74) is 2.83. The van der Waals surface area contributed by atoms with E-state index in [4.69, 9.17) is 14.0 Å². The number of sulfonamides is 1. The summed E-state index contributed by atoms with van der Waals surface area (Å²) in [6, 6.07) is 20.7. The number of aromatic nitrogens is 1. The van der Waals surface area contributed by atoms with Crippen molar-refractivity contribution in [1.82, 2.24) is 15.2 Å². The first kappa shape index (κ1) is 34.9. The summed E-state index contributed by atoms with van der Waals surface area (Å²) >= 11 is 0.